The van der Waals surface area contributed by atoms with Gasteiger partial charge in [0.05, 0.1) is 17.6 Å². The number of thiophene rings is 1. The third kappa shape index (κ3) is 3.76. The number of hydrogen-bond donors (Lipinski definition) is 2. The van der Waals surface area contributed by atoms with Crippen molar-refractivity contribution in [3.63, 3.8) is 0 Å². The van der Waals surface area contributed by atoms with Crippen LogP contribution in [0.1, 0.15) is 10.5 Å². The molecule has 0 bridgehead atoms. The molecule has 2 aromatic rings. The summed E-state index contributed by atoms with van der Waals surface area (Å²) in [4.78, 5) is 14.1. The molecule has 3 rings (SSSR count). The molecule has 1 aliphatic rings. The number of likely N-dealkylation sites (tertiary alicyclic amines) is 1. The first kappa shape index (κ1) is 18.1. The highest BCUT2D eigenvalue weighted by molar-refractivity contribution is 7.89. The number of nitrogens with one attached hydrogen (secondary N) is 1. The van der Waals surface area contributed by atoms with E-state index in [1.165, 1.54) is 19.0 Å². The monoisotopic (exact) mass is 384 g/mol. The number of amides is 1. The maximum absolute atomic E-state index is 12.6. The lowest BCUT2D eigenvalue weighted by molar-refractivity contribution is 0.0759. The molecule has 8 nitrogen and oxygen atoms in total. The van der Waals surface area contributed by atoms with Crippen molar-refractivity contribution in [2.75, 3.05) is 32.9 Å². The lowest BCUT2D eigenvalue weighted by Gasteiger charge is -2.17. The van der Waals surface area contributed by atoms with Gasteiger partial charge in [-0.2, -0.15) is 16.4 Å². The normalized spacial score (nSPS) is 21.2. The van der Waals surface area contributed by atoms with Crippen LogP contribution in [0, 0.1) is 5.92 Å². The Kier molecular flexibility index (Phi) is 4.96. The fourth-order valence-electron chi connectivity index (χ4n) is 2.76. The number of carbonyl (C=O) groups excluding carboxylic acids is 1. The Balaban J connectivity index is 1.70. The third-order valence-corrected chi connectivity index (χ3v) is 6.95. The van der Waals surface area contributed by atoms with E-state index in [0.717, 1.165) is 9.87 Å². The standard InChI is InChI=1S/C15H20N4O4S2/c1-18(2)25(22,23)9-11-6-19(7-14(11)20)15(21)13-5-12(16-17-13)10-3-4-24-8-10/h3-5,8,11,14,20H,6-7,9H2,1-2H3,(H,16,17)/t11-,14+/m0/s1. The van der Waals surface area contributed by atoms with Gasteiger partial charge in [0.2, 0.25) is 10.0 Å². The summed E-state index contributed by atoms with van der Waals surface area (Å²) in [6, 6.07) is 3.58. The van der Waals surface area contributed by atoms with Gasteiger partial charge in [-0.3, -0.25) is 9.89 Å². The largest absolute Gasteiger partial charge is 0.391 e. The van der Waals surface area contributed by atoms with Crippen LogP contribution in [-0.2, 0) is 10.0 Å². The van der Waals surface area contributed by atoms with E-state index in [0.29, 0.717) is 11.4 Å². The fourth-order valence-corrected chi connectivity index (χ4v) is 4.58. The quantitative estimate of drug-likeness (QED) is 0.779. The average Bonchev–Trinajstić information content (AvgIpc) is 3.26. The summed E-state index contributed by atoms with van der Waals surface area (Å²) in [6.45, 7) is 0.305. The summed E-state index contributed by atoms with van der Waals surface area (Å²) in [6.07, 6.45) is -0.863. The van der Waals surface area contributed by atoms with Gasteiger partial charge in [0.1, 0.15) is 5.69 Å². The molecular weight excluding hydrogens is 364 g/mol. The van der Waals surface area contributed by atoms with Crippen LogP contribution in [0.25, 0.3) is 11.3 Å². The first-order chi connectivity index (χ1) is 11.8. The van der Waals surface area contributed by atoms with E-state index in [-0.39, 0.29) is 24.7 Å². The number of nitrogens with zero attached hydrogens (tertiary/aromatic N) is 3. The number of aliphatic hydroxyl groups excluding tert-OH is 1. The molecule has 1 saturated heterocycles. The molecule has 25 heavy (non-hydrogen) atoms. The molecule has 2 aromatic heterocycles. The molecule has 0 saturated carbocycles. The molecule has 1 fully saturated rings. The second-order valence-electron chi connectivity index (χ2n) is 6.28. The van der Waals surface area contributed by atoms with Crippen molar-refractivity contribution in [2.45, 2.75) is 6.10 Å². The number of hydrogen-bond acceptors (Lipinski definition) is 6. The maximum Gasteiger partial charge on any atom is 0.271 e. The molecule has 0 unspecified atom stereocenters. The molecule has 2 atom stereocenters. The maximum atomic E-state index is 12.6. The molecule has 0 aromatic carbocycles. The highest BCUT2D eigenvalue weighted by Gasteiger charge is 2.38. The lowest BCUT2D eigenvalue weighted by Crippen LogP contribution is -2.33. The fraction of sp³-hybridized carbons (Fsp3) is 0.467. The Morgan fingerprint density at radius 1 is 1.48 bits per heavy atom. The SMILES string of the molecule is CN(C)S(=O)(=O)C[C@@H]1CN(C(=O)c2cc(-c3ccsc3)n[nH]2)C[C@H]1O. The van der Waals surface area contributed by atoms with Crippen LogP contribution < -0.4 is 0 Å². The summed E-state index contributed by atoms with van der Waals surface area (Å²) >= 11 is 1.54. The molecule has 1 amide bonds. The summed E-state index contributed by atoms with van der Waals surface area (Å²) in [5.41, 5.74) is 1.93. The minimum atomic E-state index is -3.44. The van der Waals surface area contributed by atoms with E-state index in [1.807, 2.05) is 16.8 Å². The van der Waals surface area contributed by atoms with Crippen molar-refractivity contribution in [1.29, 1.82) is 0 Å². The van der Waals surface area contributed by atoms with Gasteiger partial charge in [-0.1, -0.05) is 0 Å². The average molecular weight is 384 g/mol. The van der Waals surface area contributed by atoms with Crippen molar-refractivity contribution in [1.82, 2.24) is 19.4 Å². The van der Waals surface area contributed by atoms with Gasteiger partial charge < -0.3 is 10.0 Å². The number of rotatable bonds is 5. The first-order valence-electron chi connectivity index (χ1n) is 7.73. The summed E-state index contributed by atoms with van der Waals surface area (Å²) in [5, 5.41) is 20.9. The van der Waals surface area contributed by atoms with Crippen LogP contribution in [0.2, 0.25) is 0 Å². The number of aliphatic hydroxyl groups is 1. The Bertz CT molecular complexity index is 845. The van der Waals surface area contributed by atoms with Crippen molar-refractivity contribution in [3.05, 3.63) is 28.6 Å². The zero-order valence-electron chi connectivity index (χ0n) is 13.9. The molecule has 0 spiro atoms. The van der Waals surface area contributed by atoms with E-state index in [1.54, 1.807) is 17.4 Å². The predicted molar refractivity (Wildman–Crippen MR) is 94.8 cm³/mol. The lowest BCUT2D eigenvalue weighted by atomic mass is 10.1. The molecule has 0 radical (unpaired) electrons. The Morgan fingerprint density at radius 2 is 2.24 bits per heavy atom. The molecule has 136 valence electrons. The van der Waals surface area contributed by atoms with E-state index >= 15 is 0 Å². The van der Waals surface area contributed by atoms with Gasteiger partial charge >= 0.3 is 0 Å². The molecule has 10 heteroatoms. The predicted octanol–water partition coefficient (Wildman–Crippen LogP) is 0.462. The van der Waals surface area contributed by atoms with Crippen molar-refractivity contribution in [3.8, 4) is 11.3 Å². The van der Waals surface area contributed by atoms with Gasteiger partial charge in [0.15, 0.2) is 0 Å². The van der Waals surface area contributed by atoms with Crippen LogP contribution in [0.4, 0.5) is 0 Å². The second kappa shape index (κ2) is 6.87. The van der Waals surface area contributed by atoms with E-state index in [2.05, 4.69) is 10.2 Å². The van der Waals surface area contributed by atoms with E-state index in [9.17, 15) is 18.3 Å². The molecule has 1 aliphatic heterocycles. The number of aromatic nitrogens is 2. The van der Waals surface area contributed by atoms with Crippen LogP contribution in [0.15, 0.2) is 22.9 Å². The van der Waals surface area contributed by atoms with Crippen LogP contribution >= 0.6 is 11.3 Å². The van der Waals surface area contributed by atoms with Crippen LogP contribution in [-0.4, -0.2) is 77.9 Å². The van der Waals surface area contributed by atoms with Crippen molar-refractivity contribution in [2.24, 2.45) is 5.92 Å². The Labute approximate surface area is 150 Å². The van der Waals surface area contributed by atoms with Gasteiger partial charge in [-0.15, -0.1) is 0 Å². The topological polar surface area (TPSA) is 107 Å². The summed E-state index contributed by atoms with van der Waals surface area (Å²) in [5.74, 6) is -0.984. The highest BCUT2D eigenvalue weighted by atomic mass is 32.2. The van der Waals surface area contributed by atoms with Crippen molar-refractivity contribution >= 4 is 27.3 Å². The number of H-pyrrole nitrogens is 1. The van der Waals surface area contributed by atoms with E-state index < -0.39 is 22.0 Å². The third-order valence-electron chi connectivity index (χ3n) is 4.30. The van der Waals surface area contributed by atoms with Crippen LogP contribution in [0.3, 0.4) is 0 Å². The second-order valence-corrected chi connectivity index (χ2v) is 9.28. The zero-order chi connectivity index (χ0) is 18.2. The summed E-state index contributed by atoms with van der Waals surface area (Å²) in [7, 11) is -0.528. The molecule has 0 aliphatic carbocycles. The van der Waals surface area contributed by atoms with Crippen molar-refractivity contribution < 1.29 is 18.3 Å². The minimum Gasteiger partial charge on any atom is -0.391 e. The molecule has 2 N–H and O–H groups in total. The first-order valence-corrected chi connectivity index (χ1v) is 10.3. The smallest absolute Gasteiger partial charge is 0.271 e. The Morgan fingerprint density at radius 3 is 2.88 bits per heavy atom. The zero-order valence-corrected chi connectivity index (χ0v) is 15.5. The van der Waals surface area contributed by atoms with Crippen LogP contribution in [0.5, 0.6) is 0 Å². The number of sulfonamides is 1. The minimum absolute atomic E-state index is 0.110. The number of β-amino-alcohol motifs (C(OH)–C–C–N with tert-alkyl or cyclic N) is 1. The number of carbonyl (C=O) groups is 1. The van der Waals surface area contributed by atoms with Gasteiger partial charge in [-0.05, 0) is 17.5 Å². The van der Waals surface area contributed by atoms with Gasteiger partial charge in [-0.25, -0.2) is 12.7 Å². The summed E-state index contributed by atoms with van der Waals surface area (Å²) < 4.78 is 25.1. The molecule has 3 heterocycles. The number of aromatic amines is 1. The molecular formula is C15H20N4O4S2. The highest BCUT2D eigenvalue weighted by Crippen LogP contribution is 2.24. The van der Waals surface area contributed by atoms with Gasteiger partial charge in [0.25, 0.3) is 5.91 Å². The Hall–Kier alpha value is -1.75. The van der Waals surface area contributed by atoms with E-state index in [4.69, 9.17) is 0 Å². The van der Waals surface area contributed by atoms with Gasteiger partial charge in [0, 0.05) is 44.0 Å².